The second-order valence-corrected chi connectivity index (χ2v) is 6.62. The van der Waals surface area contributed by atoms with Gasteiger partial charge in [0.2, 0.25) is 5.91 Å². The molecule has 112 valence electrons. The van der Waals surface area contributed by atoms with Crippen LogP contribution in [-0.2, 0) is 4.79 Å². The average Bonchev–Trinajstić information content (AvgIpc) is 2.47. The molecule has 0 bridgehead atoms. The van der Waals surface area contributed by atoms with Gasteiger partial charge in [-0.2, -0.15) is 11.8 Å². The SMILES string of the molecule is O=C(CC1CCSCC1)Nc1cc(Cl)ccc1C#CCO. The maximum Gasteiger partial charge on any atom is 0.224 e. The third kappa shape index (κ3) is 5.28. The Bertz CT molecular complexity index is 559. The van der Waals surface area contributed by atoms with Crippen LogP contribution in [0.15, 0.2) is 18.2 Å². The number of halogens is 1. The van der Waals surface area contributed by atoms with Gasteiger partial charge in [0, 0.05) is 17.0 Å². The first-order valence-corrected chi connectivity index (χ1v) is 8.49. The van der Waals surface area contributed by atoms with Crippen LogP contribution in [0.4, 0.5) is 5.69 Å². The van der Waals surface area contributed by atoms with Crippen LogP contribution in [-0.4, -0.2) is 29.1 Å². The lowest BCUT2D eigenvalue weighted by atomic mass is 9.98. The average molecular weight is 324 g/mol. The van der Waals surface area contributed by atoms with Crippen molar-refractivity contribution in [1.29, 1.82) is 0 Å². The third-order valence-corrected chi connectivity index (χ3v) is 4.66. The Hall–Kier alpha value is -1.15. The fourth-order valence-corrected chi connectivity index (χ4v) is 3.65. The van der Waals surface area contributed by atoms with E-state index in [1.165, 1.54) is 0 Å². The van der Waals surface area contributed by atoms with Crippen LogP contribution in [0.1, 0.15) is 24.8 Å². The van der Waals surface area contributed by atoms with E-state index in [4.69, 9.17) is 16.7 Å². The van der Waals surface area contributed by atoms with Crippen molar-refractivity contribution < 1.29 is 9.90 Å². The van der Waals surface area contributed by atoms with E-state index >= 15 is 0 Å². The molecule has 1 heterocycles. The zero-order valence-corrected chi connectivity index (χ0v) is 13.3. The molecule has 0 radical (unpaired) electrons. The lowest BCUT2D eigenvalue weighted by Crippen LogP contribution is -2.20. The molecule has 0 saturated carbocycles. The normalized spacial score (nSPS) is 15.1. The molecule has 1 fully saturated rings. The Kier molecular flexibility index (Phi) is 6.44. The van der Waals surface area contributed by atoms with Crippen LogP contribution in [0.2, 0.25) is 5.02 Å². The van der Waals surface area contributed by atoms with E-state index in [-0.39, 0.29) is 12.5 Å². The van der Waals surface area contributed by atoms with Crippen LogP contribution in [0, 0.1) is 17.8 Å². The summed E-state index contributed by atoms with van der Waals surface area (Å²) in [7, 11) is 0. The molecule has 0 aliphatic carbocycles. The minimum atomic E-state index is -0.213. The summed E-state index contributed by atoms with van der Waals surface area (Å²) in [4.78, 5) is 12.2. The summed E-state index contributed by atoms with van der Waals surface area (Å²) in [5, 5.41) is 12.2. The Morgan fingerprint density at radius 1 is 1.43 bits per heavy atom. The van der Waals surface area contributed by atoms with Crippen molar-refractivity contribution in [3.63, 3.8) is 0 Å². The first kappa shape index (κ1) is 16.2. The minimum absolute atomic E-state index is 0.00113. The molecule has 0 unspecified atom stereocenters. The molecule has 1 aliphatic rings. The van der Waals surface area contributed by atoms with Gasteiger partial charge in [0.1, 0.15) is 6.61 Å². The second kappa shape index (κ2) is 8.33. The maximum atomic E-state index is 12.2. The Labute approximate surface area is 134 Å². The fraction of sp³-hybridized carbons (Fsp3) is 0.438. The maximum absolute atomic E-state index is 12.2. The highest BCUT2D eigenvalue weighted by Crippen LogP contribution is 2.26. The molecule has 1 aliphatic heterocycles. The first-order chi connectivity index (χ1) is 10.2. The highest BCUT2D eigenvalue weighted by molar-refractivity contribution is 7.99. The van der Waals surface area contributed by atoms with Crippen molar-refractivity contribution in [3.8, 4) is 11.8 Å². The summed E-state index contributed by atoms with van der Waals surface area (Å²) in [6.45, 7) is -0.213. The zero-order valence-electron chi connectivity index (χ0n) is 11.7. The largest absolute Gasteiger partial charge is 0.384 e. The molecule has 1 aromatic rings. The lowest BCUT2D eigenvalue weighted by molar-refractivity contribution is -0.117. The van der Waals surface area contributed by atoms with E-state index < -0.39 is 0 Å². The molecule has 0 atom stereocenters. The molecule has 0 spiro atoms. The van der Waals surface area contributed by atoms with Crippen LogP contribution in [0.25, 0.3) is 0 Å². The topological polar surface area (TPSA) is 49.3 Å². The third-order valence-electron chi connectivity index (χ3n) is 3.37. The molecule has 1 amide bonds. The number of nitrogens with one attached hydrogen (secondary N) is 1. The number of aliphatic hydroxyl groups excluding tert-OH is 1. The summed E-state index contributed by atoms with van der Waals surface area (Å²) in [5.74, 6) is 8.16. The van der Waals surface area contributed by atoms with Crippen LogP contribution < -0.4 is 5.32 Å². The molecule has 0 aromatic heterocycles. The number of amides is 1. The van der Waals surface area contributed by atoms with Gasteiger partial charge in [-0.1, -0.05) is 23.4 Å². The number of hydrogen-bond donors (Lipinski definition) is 2. The van der Waals surface area contributed by atoms with Crippen molar-refractivity contribution in [3.05, 3.63) is 28.8 Å². The number of benzene rings is 1. The van der Waals surface area contributed by atoms with Gasteiger partial charge in [0.05, 0.1) is 5.69 Å². The Morgan fingerprint density at radius 2 is 2.19 bits per heavy atom. The van der Waals surface area contributed by atoms with E-state index in [9.17, 15) is 4.79 Å². The van der Waals surface area contributed by atoms with Crippen molar-refractivity contribution >= 4 is 35.0 Å². The molecule has 1 saturated heterocycles. The monoisotopic (exact) mass is 323 g/mol. The summed E-state index contributed by atoms with van der Waals surface area (Å²) in [6, 6.07) is 5.16. The van der Waals surface area contributed by atoms with Gasteiger partial charge in [-0.05, 0) is 48.5 Å². The second-order valence-electron chi connectivity index (χ2n) is 4.96. The van der Waals surface area contributed by atoms with E-state index in [1.807, 2.05) is 11.8 Å². The number of carbonyl (C=O) groups excluding carboxylic acids is 1. The number of anilines is 1. The van der Waals surface area contributed by atoms with Crippen molar-refractivity contribution in [2.45, 2.75) is 19.3 Å². The van der Waals surface area contributed by atoms with E-state index in [2.05, 4.69) is 17.2 Å². The van der Waals surface area contributed by atoms with Crippen molar-refractivity contribution in [2.24, 2.45) is 5.92 Å². The summed E-state index contributed by atoms with van der Waals surface area (Å²) in [5.41, 5.74) is 1.28. The summed E-state index contributed by atoms with van der Waals surface area (Å²) in [6.07, 6.45) is 2.75. The van der Waals surface area contributed by atoms with Crippen LogP contribution in [0.5, 0.6) is 0 Å². The number of carbonyl (C=O) groups is 1. The summed E-state index contributed by atoms with van der Waals surface area (Å²) >= 11 is 7.93. The van der Waals surface area contributed by atoms with Gasteiger partial charge >= 0.3 is 0 Å². The quantitative estimate of drug-likeness (QED) is 0.840. The van der Waals surface area contributed by atoms with Crippen LogP contribution >= 0.6 is 23.4 Å². The molecule has 5 heteroatoms. The number of rotatable bonds is 3. The predicted octanol–water partition coefficient (Wildman–Crippen LogP) is 3.16. The predicted molar refractivity (Wildman–Crippen MR) is 88.7 cm³/mol. The number of thioether (sulfide) groups is 1. The van der Waals surface area contributed by atoms with Gasteiger partial charge in [-0.15, -0.1) is 0 Å². The van der Waals surface area contributed by atoms with E-state index in [0.29, 0.717) is 28.6 Å². The highest BCUT2D eigenvalue weighted by Gasteiger charge is 2.17. The molecular weight excluding hydrogens is 306 g/mol. The zero-order chi connectivity index (χ0) is 15.1. The fourth-order valence-electron chi connectivity index (χ4n) is 2.28. The van der Waals surface area contributed by atoms with Gasteiger partial charge in [0.25, 0.3) is 0 Å². The number of aliphatic hydroxyl groups is 1. The van der Waals surface area contributed by atoms with Gasteiger partial charge in [0.15, 0.2) is 0 Å². The van der Waals surface area contributed by atoms with E-state index in [1.54, 1.807) is 18.2 Å². The molecular formula is C16H18ClNO2S. The van der Waals surface area contributed by atoms with E-state index in [0.717, 1.165) is 24.3 Å². The van der Waals surface area contributed by atoms with Gasteiger partial charge in [-0.3, -0.25) is 4.79 Å². The molecule has 2 N–H and O–H groups in total. The molecule has 1 aromatic carbocycles. The highest BCUT2D eigenvalue weighted by atomic mass is 35.5. The molecule has 3 nitrogen and oxygen atoms in total. The summed E-state index contributed by atoms with van der Waals surface area (Å²) < 4.78 is 0. The standard InChI is InChI=1S/C16H18ClNO2S/c17-14-4-3-13(2-1-7-19)15(11-14)18-16(20)10-12-5-8-21-9-6-12/h3-4,11-12,19H,5-10H2,(H,18,20). The van der Waals surface area contributed by atoms with Crippen LogP contribution in [0.3, 0.4) is 0 Å². The lowest BCUT2D eigenvalue weighted by Gasteiger charge is -2.20. The molecule has 2 rings (SSSR count). The van der Waals surface area contributed by atoms with Gasteiger partial charge < -0.3 is 10.4 Å². The van der Waals surface area contributed by atoms with Crippen molar-refractivity contribution in [2.75, 3.05) is 23.4 Å². The molecule has 21 heavy (non-hydrogen) atoms. The Morgan fingerprint density at radius 3 is 2.90 bits per heavy atom. The smallest absolute Gasteiger partial charge is 0.224 e. The first-order valence-electron chi connectivity index (χ1n) is 6.96. The van der Waals surface area contributed by atoms with Gasteiger partial charge in [-0.25, -0.2) is 0 Å². The number of hydrogen-bond acceptors (Lipinski definition) is 3. The Balaban J connectivity index is 2.03. The van der Waals surface area contributed by atoms with Crippen molar-refractivity contribution in [1.82, 2.24) is 0 Å². The minimum Gasteiger partial charge on any atom is -0.384 e.